The Bertz CT molecular complexity index is 726. The molecular formula is C17H19N3O4. The van der Waals surface area contributed by atoms with Crippen LogP contribution in [0.1, 0.15) is 25.7 Å². The fourth-order valence-electron chi connectivity index (χ4n) is 3.29. The van der Waals surface area contributed by atoms with Crippen LogP contribution in [0.2, 0.25) is 0 Å². The van der Waals surface area contributed by atoms with E-state index in [2.05, 4.69) is 15.5 Å². The Hall–Kier alpha value is -2.70. The molecule has 0 heterocycles. The van der Waals surface area contributed by atoms with Crippen LogP contribution in [0.15, 0.2) is 46.0 Å². The van der Waals surface area contributed by atoms with Gasteiger partial charge >= 0.3 is 6.03 Å². The number of ether oxygens (including phenoxy) is 1. The second-order valence-corrected chi connectivity index (χ2v) is 5.96. The molecule has 7 heteroatoms. The molecule has 1 aromatic rings. The van der Waals surface area contributed by atoms with Gasteiger partial charge in [-0.3, -0.25) is 4.79 Å². The molecular weight excluding hydrogens is 310 g/mol. The molecule has 0 aliphatic heterocycles. The minimum atomic E-state index is -0.716. The van der Waals surface area contributed by atoms with Crippen LogP contribution in [-0.4, -0.2) is 24.0 Å². The fraction of sp³-hybridized carbons (Fsp3) is 0.412. The topological polar surface area (TPSA) is 100 Å². The number of aliphatic hydroxyl groups is 1. The van der Waals surface area contributed by atoms with Crippen molar-refractivity contribution >= 4 is 17.5 Å². The van der Waals surface area contributed by atoms with Crippen molar-refractivity contribution in [3.63, 3.8) is 0 Å². The van der Waals surface area contributed by atoms with Crippen LogP contribution in [0.25, 0.3) is 0 Å². The zero-order valence-electron chi connectivity index (χ0n) is 13.4. The van der Waals surface area contributed by atoms with Gasteiger partial charge in [0, 0.05) is 23.6 Å². The lowest BCUT2D eigenvalue weighted by molar-refractivity contribution is -0.120. The van der Waals surface area contributed by atoms with E-state index in [1.807, 2.05) is 0 Å². The number of hydrogen-bond acceptors (Lipinski definition) is 5. The molecule has 0 spiro atoms. The Morgan fingerprint density at radius 2 is 2.04 bits per heavy atom. The monoisotopic (exact) mass is 329 g/mol. The van der Waals surface area contributed by atoms with E-state index < -0.39 is 6.03 Å². The molecule has 0 aromatic heterocycles. The lowest BCUT2D eigenvalue weighted by atomic mass is 9.80. The number of nitrogens with one attached hydrogen (secondary N) is 1. The van der Waals surface area contributed by atoms with Gasteiger partial charge in [0.15, 0.2) is 11.5 Å². The predicted molar refractivity (Wildman–Crippen MR) is 87.0 cm³/mol. The number of hydrogen-bond donors (Lipinski definition) is 2. The van der Waals surface area contributed by atoms with Crippen LogP contribution in [-0.2, 0) is 4.79 Å². The third-order valence-corrected chi connectivity index (χ3v) is 4.49. The minimum absolute atomic E-state index is 0.0253. The fourth-order valence-corrected chi connectivity index (χ4v) is 3.29. The summed E-state index contributed by atoms with van der Waals surface area (Å²) in [5.74, 6) is -0.0197. The minimum Gasteiger partial charge on any atom is -0.510 e. The van der Waals surface area contributed by atoms with Gasteiger partial charge in [-0.2, -0.15) is 0 Å². The highest BCUT2D eigenvalue weighted by molar-refractivity contribution is 6.00. The molecule has 24 heavy (non-hydrogen) atoms. The second kappa shape index (κ2) is 6.82. The summed E-state index contributed by atoms with van der Waals surface area (Å²) >= 11 is 0. The predicted octanol–water partition coefficient (Wildman–Crippen LogP) is 3.84. The smallest absolute Gasteiger partial charge is 0.364 e. The standard InChI is InChI=1S/C17H19N3O4/c1-24-11-6-4-5-10(9-11)18-17(23)20-19-14-15(21)12-7-2-3-8-13(12)16(14)22/h4-6,9,12-13,21H,2-3,7-8H2,1H3,(H,18,23). The molecule has 2 aliphatic carbocycles. The van der Waals surface area contributed by atoms with Crippen LogP contribution >= 0.6 is 0 Å². The van der Waals surface area contributed by atoms with Crippen molar-refractivity contribution < 1.29 is 19.4 Å². The average Bonchev–Trinajstić information content (AvgIpc) is 2.84. The summed E-state index contributed by atoms with van der Waals surface area (Å²) in [6.07, 6.45) is 3.49. The van der Waals surface area contributed by atoms with Gasteiger partial charge in [-0.25, -0.2) is 4.79 Å². The lowest BCUT2D eigenvalue weighted by Crippen LogP contribution is -2.21. The number of anilines is 1. The van der Waals surface area contributed by atoms with E-state index in [1.54, 1.807) is 24.3 Å². The summed E-state index contributed by atoms with van der Waals surface area (Å²) in [6.45, 7) is 0. The van der Waals surface area contributed by atoms with Gasteiger partial charge in [0.25, 0.3) is 0 Å². The van der Waals surface area contributed by atoms with Crippen LogP contribution in [0, 0.1) is 11.8 Å². The number of aliphatic hydroxyl groups excluding tert-OH is 1. The molecule has 1 fully saturated rings. The first-order valence-electron chi connectivity index (χ1n) is 7.94. The second-order valence-electron chi connectivity index (χ2n) is 5.96. The molecule has 7 nitrogen and oxygen atoms in total. The SMILES string of the molecule is COc1cccc(NC(=O)N=NC2=C(O)C3CCCCC3C2=O)c1. The number of carbonyl (C=O) groups is 2. The van der Waals surface area contributed by atoms with Crippen molar-refractivity contribution in [1.82, 2.24) is 0 Å². The maximum atomic E-state index is 12.3. The molecule has 2 N–H and O–H groups in total. The van der Waals surface area contributed by atoms with Crippen molar-refractivity contribution in [3.05, 3.63) is 35.7 Å². The largest absolute Gasteiger partial charge is 0.510 e. The summed E-state index contributed by atoms with van der Waals surface area (Å²) in [4.78, 5) is 24.2. The Labute approximate surface area is 139 Å². The Balaban J connectivity index is 1.69. The van der Waals surface area contributed by atoms with Gasteiger partial charge in [0.2, 0.25) is 0 Å². The van der Waals surface area contributed by atoms with Crippen molar-refractivity contribution in [2.24, 2.45) is 22.1 Å². The van der Waals surface area contributed by atoms with Gasteiger partial charge in [-0.15, -0.1) is 5.11 Å². The van der Waals surface area contributed by atoms with Gasteiger partial charge in [0.1, 0.15) is 11.5 Å². The number of methoxy groups -OCH3 is 1. The summed E-state index contributed by atoms with van der Waals surface area (Å²) in [5.41, 5.74) is 0.426. The van der Waals surface area contributed by atoms with Crippen LogP contribution in [0.5, 0.6) is 5.75 Å². The van der Waals surface area contributed by atoms with E-state index in [-0.39, 0.29) is 29.1 Å². The van der Waals surface area contributed by atoms with Gasteiger partial charge in [-0.05, 0) is 25.0 Å². The molecule has 2 amide bonds. The van der Waals surface area contributed by atoms with Gasteiger partial charge in [0.05, 0.1) is 7.11 Å². The Kier molecular flexibility index (Phi) is 4.59. The van der Waals surface area contributed by atoms with E-state index in [0.717, 1.165) is 25.7 Å². The van der Waals surface area contributed by atoms with E-state index in [0.29, 0.717) is 11.4 Å². The molecule has 0 bridgehead atoms. The number of rotatable bonds is 3. The molecule has 2 unspecified atom stereocenters. The quantitative estimate of drug-likeness (QED) is 0.823. The number of allylic oxidation sites excluding steroid dienone is 2. The number of nitrogens with zero attached hydrogens (tertiary/aromatic N) is 2. The lowest BCUT2D eigenvalue weighted by Gasteiger charge is -2.23. The van der Waals surface area contributed by atoms with E-state index in [9.17, 15) is 14.7 Å². The highest BCUT2D eigenvalue weighted by Crippen LogP contribution is 2.42. The van der Waals surface area contributed by atoms with Crippen LogP contribution in [0.4, 0.5) is 10.5 Å². The molecule has 1 aromatic carbocycles. The zero-order chi connectivity index (χ0) is 17.1. The number of urea groups is 1. The zero-order valence-corrected chi connectivity index (χ0v) is 13.4. The third kappa shape index (κ3) is 3.15. The maximum Gasteiger partial charge on any atom is 0.364 e. The van der Waals surface area contributed by atoms with E-state index in [4.69, 9.17) is 4.74 Å². The number of ketones is 1. The van der Waals surface area contributed by atoms with E-state index >= 15 is 0 Å². The third-order valence-electron chi connectivity index (χ3n) is 4.49. The number of Topliss-reactive ketones (excluding diaryl/α,β-unsaturated/α-hetero) is 1. The maximum absolute atomic E-state index is 12.3. The number of benzene rings is 1. The molecule has 126 valence electrons. The molecule has 1 saturated carbocycles. The number of fused-ring (bicyclic) bond motifs is 1. The molecule has 2 aliphatic rings. The summed E-state index contributed by atoms with van der Waals surface area (Å²) in [6, 6.07) is 6.08. The highest BCUT2D eigenvalue weighted by Gasteiger charge is 2.43. The summed E-state index contributed by atoms with van der Waals surface area (Å²) < 4.78 is 5.07. The first kappa shape index (κ1) is 16.2. The number of carbonyl (C=O) groups excluding carboxylic acids is 2. The first-order chi connectivity index (χ1) is 11.6. The Morgan fingerprint density at radius 3 is 2.75 bits per heavy atom. The number of azo groups is 1. The number of amides is 2. The normalized spacial score (nSPS) is 23.5. The molecule has 0 radical (unpaired) electrons. The van der Waals surface area contributed by atoms with Crippen molar-refractivity contribution in [3.8, 4) is 5.75 Å². The van der Waals surface area contributed by atoms with Gasteiger partial charge < -0.3 is 15.2 Å². The van der Waals surface area contributed by atoms with Gasteiger partial charge in [-0.1, -0.05) is 24.0 Å². The van der Waals surface area contributed by atoms with E-state index in [1.165, 1.54) is 7.11 Å². The van der Waals surface area contributed by atoms with Crippen molar-refractivity contribution in [1.29, 1.82) is 0 Å². The molecule has 0 saturated heterocycles. The Morgan fingerprint density at radius 1 is 1.29 bits per heavy atom. The van der Waals surface area contributed by atoms with Crippen molar-refractivity contribution in [2.45, 2.75) is 25.7 Å². The van der Waals surface area contributed by atoms with Crippen LogP contribution in [0.3, 0.4) is 0 Å². The average molecular weight is 329 g/mol. The summed E-state index contributed by atoms with van der Waals surface area (Å²) in [5, 5.41) is 19.9. The highest BCUT2D eigenvalue weighted by atomic mass is 16.5. The van der Waals surface area contributed by atoms with Crippen LogP contribution < -0.4 is 10.1 Å². The van der Waals surface area contributed by atoms with Crippen molar-refractivity contribution in [2.75, 3.05) is 12.4 Å². The molecule has 2 atom stereocenters. The summed E-state index contributed by atoms with van der Waals surface area (Å²) in [7, 11) is 1.53. The molecule has 3 rings (SSSR count). The first-order valence-corrected chi connectivity index (χ1v) is 7.94.